The fourth-order valence-corrected chi connectivity index (χ4v) is 5.92. The predicted molar refractivity (Wildman–Crippen MR) is 137 cm³/mol. The zero-order valence-electron chi connectivity index (χ0n) is 21.4. The molecule has 1 N–H and O–H groups in total. The Morgan fingerprint density at radius 1 is 1.20 bits per heavy atom. The van der Waals surface area contributed by atoms with Gasteiger partial charge in [0.1, 0.15) is 11.5 Å². The topological polar surface area (TPSA) is 80.4 Å². The summed E-state index contributed by atoms with van der Waals surface area (Å²) in [6.45, 7) is 8.84. The second-order valence-corrected chi connectivity index (χ2v) is 12.5. The molecule has 2 aliphatic rings. The first-order valence-corrected chi connectivity index (χ1v) is 13.4. The van der Waals surface area contributed by atoms with Gasteiger partial charge in [-0.05, 0) is 79.9 Å². The van der Waals surface area contributed by atoms with Crippen LogP contribution in [0.2, 0.25) is 5.02 Å². The molecule has 5 nitrogen and oxygen atoms in total. The van der Waals surface area contributed by atoms with E-state index in [1.54, 1.807) is 0 Å². The Morgan fingerprint density at radius 2 is 1.91 bits per heavy atom. The highest BCUT2D eigenvalue weighted by molar-refractivity contribution is 6.31. The molecule has 0 aliphatic heterocycles. The van der Waals surface area contributed by atoms with Crippen LogP contribution >= 0.6 is 11.6 Å². The van der Waals surface area contributed by atoms with Crippen LogP contribution in [0, 0.1) is 24.2 Å². The first-order valence-electron chi connectivity index (χ1n) is 13.0. The lowest BCUT2D eigenvalue weighted by Gasteiger charge is -2.38. The largest absolute Gasteiger partial charge is 0.481 e. The maximum atomic E-state index is 13.3. The Morgan fingerprint density at radius 3 is 2.51 bits per heavy atom. The fraction of sp³-hybridized carbons (Fsp3) is 0.621. The Balaban J connectivity index is 1.50. The number of aromatic nitrogens is 1. The summed E-state index contributed by atoms with van der Waals surface area (Å²) in [6, 6.07) is 5.69. The number of aliphatic carboxylic acids is 1. The number of carbonyl (C=O) groups excluding carboxylic acids is 1. The van der Waals surface area contributed by atoms with E-state index in [2.05, 4.69) is 25.9 Å². The van der Waals surface area contributed by atoms with Crippen LogP contribution in [-0.2, 0) is 22.4 Å². The lowest BCUT2D eigenvalue weighted by atomic mass is 9.67. The van der Waals surface area contributed by atoms with E-state index >= 15 is 0 Å². The molecule has 0 saturated heterocycles. The van der Waals surface area contributed by atoms with Gasteiger partial charge < -0.3 is 9.63 Å². The Labute approximate surface area is 213 Å². The quantitative estimate of drug-likeness (QED) is 0.351. The van der Waals surface area contributed by atoms with Crippen molar-refractivity contribution in [2.45, 2.75) is 97.3 Å². The van der Waals surface area contributed by atoms with Crippen molar-refractivity contribution in [2.24, 2.45) is 17.3 Å². The summed E-state index contributed by atoms with van der Waals surface area (Å²) in [5, 5.41) is 14.3. The van der Waals surface area contributed by atoms with Gasteiger partial charge in [-0.25, -0.2) is 0 Å². The molecule has 35 heavy (non-hydrogen) atoms. The molecule has 0 amide bonds. The van der Waals surface area contributed by atoms with E-state index in [4.69, 9.17) is 16.1 Å². The van der Waals surface area contributed by atoms with Gasteiger partial charge in [0.15, 0.2) is 0 Å². The minimum absolute atomic E-state index is 0.0113. The Hall–Kier alpha value is -2.14. The molecule has 1 aromatic carbocycles. The number of hydrogen-bond donors (Lipinski definition) is 1. The highest BCUT2D eigenvalue weighted by atomic mass is 35.5. The summed E-state index contributed by atoms with van der Waals surface area (Å²) in [5.74, 6) is 1.33. The van der Waals surface area contributed by atoms with E-state index in [-0.39, 0.29) is 18.6 Å². The average molecular weight is 500 g/mol. The highest BCUT2D eigenvalue weighted by Gasteiger charge is 2.41. The summed E-state index contributed by atoms with van der Waals surface area (Å²) in [5.41, 5.74) is 4.23. The summed E-state index contributed by atoms with van der Waals surface area (Å²) in [4.78, 5) is 24.7. The molecule has 2 aromatic rings. The fourth-order valence-electron chi connectivity index (χ4n) is 5.61. The lowest BCUT2D eigenvalue weighted by molar-refractivity contribution is -0.137. The molecule has 4 rings (SSSR count). The van der Waals surface area contributed by atoms with Gasteiger partial charge in [0.05, 0.1) is 5.69 Å². The number of nitrogens with zero attached hydrogens (tertiary/aromatic N) is 1. The number of ketones is 1. The molecule has 1 atom stereocenters. The lowest BCUT2D eigenvalue weighted by Crippen LogP contribution is -2.26. The minimum atomic E-state index is -0.890. The number of benzene rings is 1. The third kappa shape index (κ3) is 6.75. The zero-order chi connectivity index (χ0) is 25.3. The van der Waals surface area contributed by atoms with Crippen LogP contribution in [0.5, 0.6) is 0 Å². The van der Waals surface area contributed by atoms with E-state index in [1.807, 2.05) is 25.1 Å². The second-order valence-electron chi connectivity index (χ2n) is 12.1. The number of halogens is 1. The first kappa shape index (κ1) is 25.9. The average Bonchev–Trinajstić information content (AvgIpc) is 3.49. The maximum absolute atomic E-state index is 13.3. The van der Waals surface area contributed by atoms with Crippen molar-refractivity contribution in [3.05, 3.63) is 51.4 Å². The highest BCUT2D eigenvalue weighted by Crippen LogP contribution is 2.52. The first-order chi connectivity index (χ1) is 16.5. The van der Waals surface area contributed by atoms with Gasteiger partial charge in [-0.2, -0.15) is 0 Å². The van der Waals surface area contributed by atoms with Gasteiger partial charge in [0.25, 0.3) is 0 Å². The van der Waals surface area contributed by atoms with E-state index in [0.717, 1.165) is 54.2 Å². The standard InChI is InChI=1S/C29H38ClNO4/c1-17-5-6-20(23(30)11-17)15-25(32)21(9-10-26(33)34)14-24-27(19-7-8-19)28(35-31-24)22-12-18(13-22)16-29(2,3)4/h5-6,11,18-19,21-22H,7-10,12-16H2,1-4H3,(H,33,34)/t18?,21-,22?/m0/s1. The third-order valence-electron chi connectivity index (χ3n) is 7.50. The van der Waals surface area contributed by atoms with Crippen LogP contribution in [0.3, 0.4) is 0 Å². The Bertz CT molecular complexity index is 1070. The summed E-state index contributed by atoms with van der Waals surface area (Å²) < 4.78 is 5.94. The van der Waals surface area contributed by atoms with Gasteiger partial charge in [-0.1, -0.05) is 49.7 Å². The molecule has 0 bridgehead atoms. The number of aryl methyl sites for hydroxylation is 1. The van der Waals surface area contributed by atoms with Gasteiger partial charge >= 0.3 is 5.97 Å². The number of carboxylic acid groups (broad SMARTS) is 1. The molecule has 2 saturated carbocycles. The van der Waals surface area contributed by atoms with Crippen molar-refractivity contribution in [3.8, 4) is 0 Å². The van der Waals surface area contributed by atoms with Gasteiger partial charge in [0, 0.05) is 41.7 Å². The predicted octanol–water partition coefficient (Wildman–Crippen LogP) is 7.28. The van der Waals surface area contributed by atoms with Crippen LogP contribution in [0.15, 0.2) is 22.7 Å². The molecular weight excluding hydrogens is 462 g/mol. The molecule has 0 radical (unpaired) electrons. The van der Waals surface area contributed by atoms with Crippen LogP contribution in [0.1, 0.15) is 106 Å². The molecule has 6 heteroatoms. The van der Waals surface area contributed by atoms with E-state index in [0.29, 0.717) is 35.1 Å². The van der Waals surface area contributed by atoms with Gasteiger partial charge in [-0.15, -0.1) is 0 Å². The van der Waals surface area contributed by atoms with Crippen LogP contribution < -0.4 is 0 Å². The van der Waals surface area contributed by atoms with Crippen LogP contribution in [0.4, 0.5) is 0 Å². The third-order valence-corrected chi connectivity index (χ3v) is 7.85. The van der Waals surface area contributed by atoms with Crippen molar-refractivity contribution in [1.29, 1.82) is 0 Å². The zero-order valence-corrected chi connectivity index (χ0v) is 22.2. The normalized spacial score (nSPS) is 20.9. The molecule has 0 spiro atoms. The van der Waals surface area contributed by atoms with Crippen molar-refractivity contribution >= 4 is 23.4 Å². The number of carbonyl (C=O) groups is 2. The Kier molecular flexibility index (Phi) is 7.75. The van der Waals surface area contributed by atoms with E-state index in [9.17, 15) is 14.7 Å². The van der Waals surface area contributed by atoms with Crippen molar-refractivity contribution in [3.63, 3.8) is 0 Å². The number of rotatable bonds is 11. The second kappa shape index (κ2) is 10.5. The van der Waals surface area contributed by atoms with Crippen molar-refractivity contribution < 1.29 is 19.2 Å². The molecular formula is C29H38ClNO4. The van der Waals surface area contributed by atoms with Crippen LogP contribution in [-0.4, -0.2) is 22.0 Å². The summed E-state index contributed by atoms with van der Waals surface area (Å²) >= 11 is 6.38. The van der Waals surface area contributed by atoms with Crippen molar-refractivity contribution in [2.75, 3.05) is 0 Å². The van der Waals surface area contributed by atoms with Gasteiger partial charge in [0.2, 0.25) is 0 Å². The molecule has 2 aliphatic carbocycles. The molecule has 2 fully saturated rings. The number of hydrogen-bond acceptors (Lipinski definition) is 4. The molecule has 1 heterocycles. The number of Topliss-reactive ketones (excluding diaryl/α,β-unsaturated/α-hetero) is 1. The molecule has 1 aromatic heterocycles. The monoisotopic (exact) mass is 499 g/mol. The minimum Gasteiger partial charge on any atom is -0.481 e. The SMILES string of the molecule is Cc1ccc(CC(=O)[C@@H](CCC(=O)O)Cc2noc(C3CC(CC(C)(C)C)C3)c2C2CC2)c(Cl)c1. The van der Waals surface area contributed by atoms with E-state index < -0.39 is 11.9 Å². The summed E-state index contributed by atoms with van der Waals surface area (Å²) in [6.07, 6.45) is 6.64. The van der Waals surface area contributed by atoms with E-state index in [1.165, 1.54) is 12.0 Å². The number of carboxylic acids is 1. The molecule has 190 valence electrons. The van der Waals surface area contributed by atoms with Crippen LogP contribution in [0.25, 0.3) is 0 Å². The van der Waals surface area contributed by atoms with Gasteiger partial charge in [-0.3, -0.25) is 9.59 Å². The smallest absolute Gasteiger partial charge is 0.303 e. The molecule has 0 unspecified atom stereocenters. The van der Waals surface area contributed by atoms with Crippen molar-refractivity contribution in [1.82, 2.24) is 5.16 Å². The summed E-state index contributed by atoms with van der Waals surface area (Å²) in [7, 11) is 0. The maximum Gasteiger partial charge on any atom is 0.303 e.